The largest absolute Gasteiger partial charge is 0.497 e. The molecule has 158 valence electrons. The lowest BCUT2D eigenvalue weighted by molar-refractivity contribution is -0.404. The molecule has 0 aliphatic rings. The van der Waals surface area contributed by atoms with Gasteiger partial charge in [0.2, 0.25) is 0 Å². The number of nitro benzene ring substituents is 3. The number of nitrogens with one attached hydrogen (secondary N) is 1. The molecule has 13 heteroatoms. The van der Waals surface area contributed by atoms with Crippen molar-refractivity contribution in [2.24, 2.45) is 0 Å². The minimum atomic E-state index is -1.21. The third kappa shape index (κ3) is 4.77. The van der Waals surface area contributed by atoms with Gasteiger partial charge in [-0.2, -0.15) is 0 Å². The Morgan fingerprint density at radius 1 is 1.00 bits per heavy atom. The van der Waals surface area contributed by atoms with E-state index < -0.39 is 37.6 Å². The molecule has 0 amide bonds. The summed E-state index contributed by atoms with van der Waals surface area (Å²) in [6, 6.07) is 6.78. The number of aliphatic hydroxyl groups excluding tert-OH is 1. The Bertz CT molecular complexity index is 1070. The molecule has 3 aromatic rings. The first-order valence-corrected chi connectivity index (χ1v) is 8.24. The number of aromatic hydroxyl groups is 1. The molecule has 0 fully saturated rings. The number of aliphatic hydroxyl groups is 1. The highest BCUT2D eigenvalue weighted by Gasteiger charge is 2.30. The van der Waals surface area contributed by atoms with Crippen LogP contribution in [0.15, 0.2) is 36.5 Å². The quantitative estimate of drug-likeness (QED) is 0.396. The van der Waals surface area contributed by atoms with E-state index in [0.717, 1.165) is 22.2 Å². The van der Waals surface area contributed by atoms with Crippen LogP contribution < -0.4 is 4.74 Å². The van der Waals surface area contributed by atoms with Crippen LogP contribution in [0.3, 0.4) is 0 Å². The van der Waals surface area contributed by atoms with E-state index in [1.165, 1.54) is 0 Å². The maximum atomic E-state index is 10.4. The first kappa shape index (κ1) is 22.0. The number of phenolic OH excluding ortho intramolecular Hbond substituents is 1. The van der Waals surface area contributed by atoms with Crippen LogP contribution in [0, 0.1) is 30.3 Å². The summed E-state index contributed by atoms with van der Waals surface area (Å²) in [5, 5.41) is 50.2. The van der Waals surface area contributed by atoms with Crippen LogP contribution in [-0.2, 0) is 6.42 Å². The van der Waals surface area contributed by atoms with Crippen LogP contribution in [0.4, 0.5) is 17.1 Å². The third-order valence-corrected chi connectivity index (χ3v) is 4.01. The fraction of sp³-hybridized carbons (Fsp3) is 0.176. The molecule has 0 aliphatic heterocycles. The number of nitro groups is 3. The van der Waals surface area contributed by atoms with Gasteiger partial charge in [-0.05, 0) is 30.2 Å². The lowest BCUT2D eigenvalue weighted by Gasteiger charge is -2.00. The van der Waals surface area contributed by atoms with E-state index in [1.807, 2.05) is 24.4 Å². The van der Waals surface area contributed by atoms with Gasteiger partial charge in [0.25, 0.3) is 11.4 Å². The summed E-state index contributed by atoms with van der Waals surface area (Å²) in [6.45, 7) is 0.171. The number of fused-ring (bicyclic) bond motifs is 1. The van der Waals surface area contributed by atoms with E-state index in [4.69, 9.17) is 14.9 Å². The van der Waals surface area contributed by atoms with E-state index in [-0.39, 0.29) is 6.61 Å². The number of rotatable bonds is 6. The summed E-state index contributed by atoms with van der Waals surface area (Å²) in [4.78, 5) is 30.9. The van der Waals surface area contributed by atoms with E-state index in [1.54, 1.807) is 7.11 Å². The molecule has 0 saturated carbocycles. The monoisotopic (exact) mass is 420 g/mol. The number of benzene rings is 2. The SMILES string of the molecule is COc1ccc2[nH]cc(CCO)c2c1.O=[N+]([O-])c1cc([N+](=O)[O-])c(O)c([N+](=O)[O-])c1. The van der Waals surface area contributed by atoms with Crippen molar-refractivity contribution in [2.45, 2.75) is 6.42 Å². The van der Waals surface area contributed by atoms with Gasteiger partial charge in [-0.25, -0.2) is 0 Å². The molecular formula is C17H16N4O9. The second-order valence-corrected chi connectivity index (χ2v) is 5.80. The highest BCUT2D eigenvalue weighted by Crippen LogP contribution is 2.38. The van der Waals surface area contributed by atoms with Crippen molar-refractivity contribution in [1.82, 2.24) is 4.98 Å². The molecule has 30 heavy (non-hydrogen) atoms. The lowest BCUT2D eigenvalue weighted by atomic mass is 10.1. The summed E-state index contributed by atoms with van der Waals surface area (Å²) in [5.74, 6) is -0.364. The summed E-state index contributed by atoms with van der Waals surface area (Å²) < 4.78 is 5.15. The molecule has 0 radical (unpaired) electrons. The van der Waals surface area contributed by atoms with Crippen molar-refractivity contribution in [1.29, 1.82) is 0 Å². The molecule has 0 aliphatic carbocycles. The van der Waals surface area contributed by atoms with Gasteiger partial charge in [0, 0.05) is 23.7 Å². The summed E-state index contributed by atoms with van der Waals surface area (Å²) in [6.07, 6.45) is 2.60. The molecule has 3 N–H and O–H groups in total. The standard InChI is InChI=1S/C11H13NO2.C6H3N3O7/c1-14-9-2-3-11-10(6-9)8(4-5-13)7-12-11;10-6-4(8(13)14)1-3(7(11)12)2-5(6)9(15)16/h2-3,6-7,12-13H,4-5H2,1H3;1-2,10H. The predicted molar refractivity (Wildman–Crippen MR) is 104 cm³/mol. The summed E-state index contributed by atoms with van der Waals surface area (Å²) in [5.41, 5.74) is -0.798. The molecule has 1 heterocycles. The van der Waals surface area contributed by atoms with Gasteiger partial charge in [0.15, 0.2) is 0 Å². The summed E-state index contributed by atoms with van der Waals surface area (Å²) >= 11 is 0. The van der Waals surface area contributed by atoms with Crippen LogP contribution in [0.1, 0.15) is 5.56 Å². The number of aromatic nitrogens is 1. The molecule has 13 nitrogen and oxygen atoms in total. The minimum Gasteiger partial charge on any atom is -0.497 e. The number of hydrogen-bond donors (Lipinski definition) is 3. The van der Waals surface area contributed by atoms with E-state index in [2.05, 4.69) is 4.98 Å². The second kappa shape index (κ2) is 9.29. The number of phenols is 1. The van der Waals surface area contributed by atoms with Crippen LogP contribution in [-0.4, -0.2) is 43.7 Å². The van der Waals surface area contributed by atoms with E-state index in [9.17, 15) is 30.3 Å². The Labute approximate surface area is 167 Å². The molecule has 0 spiro atoms. The van der Waals surface area contributed by atoms with Crippen molar-refractivity contribution in [2.75, 3.05) is 13.7 Å². The Kier molecular flexibility index (Phi) is 6.82. The topological polar surface area (TPSA) is 195 Å². The van der Waals surface area contributed by atoms with Gasteiger partial charge in [-0.1, -0.05) is 0 Å². The molecule has 3 rings (SSSR count). The molecule has 2 aromatic carbocycles. The van der Waals surface area contributed by atoms with Gasteiger partial charge in [-0.15, -0.1) is 0 Å². The Balaban J connectivity index is 0.000000215. The van der Waals surface area contributed by atoms with Gasteiger partial charge >= 0.3 is 11.4 Å². The van der Waals surface area contributed by atoms with Crippen LogP contribution >= 0.6 is 0 Å². The Morgan fingerprint density at radius 3 is 2.07 bits per heavy atom. The van der Waals surface area contributed by atoms with Gasteiger partial charge in [-0.3, -0.25) is 30.3 Å². The Hall–Kier alpha value is -4.26. The summed E-state index contributed by atoms with van der Waals surface area (Å²) in [7, 11) is 1.65. The fourth-order valence-corrected chi connectivity index (χ4v) is 2.59. The second-order valence-electron chi connectivity index (χ2n) is 5.80. The van der Waals surface area contributed by atoms with Crippen LogP contribution in [0.25, 0.3) is 10.9 Å². The molecular weight excluding hydrogens is 404 g/mol. The molecule has 1 aromatic heterocycles. The van der Waals surface area contributed by atoms with Crippen molar-refractivity contribution in [3.05, 3.63) is 72.4 Å². The molecule has 0 saturated heterocycles. The van der Waals surface area contributed by atoms with E-state index in [0.29, 0.717) is 18.6 Å². The van der Waals surface area contributed by atoms with Gasteiger partial charge in [0.05, 0.1) is 34.0 Å². The fourth-order valence-electron chi connectivity index (χ4n) is 2.59. The average Bonchev–Trinajstić information content (AvgIpc) is 3.10. The van der Waals surface area contributed by atoms with Crippen LogP contribution in [0.5, 0.6) is 11.5 Å². The minimum absolute atomic E-state index is 0.171. The highest BCUT2D eigenvalue weighted by molar-refractivity contribution is 5.84. The molecule has 0 atom stereocenters. The number of methoxy groups -OCH3 is 1. The van der Waals surface area contributed by atoms with E-state index >= 15 is 0 Å². The lowest BCUT2D eigenvalue weighted by Crippen LogP contribution is -1.97. The first-order chi connectivity index (χ1) is 14.2. The van der Waals surface area contributed by atoms with Crippen molar-refractivity contribution in [3.63, 3.8) is 0 Å². The Morgan fingerprint density at radius 2 is 1.60 bits per heavy atom. The average molecular weight is 420 g/mol. The van der Waals surface area contributed by atoms with Crippen molar-refractivity contribution >= 4 is 28.0 Å². The maximum absolute atomic E-state index is 10.4. The zero-order valence-corrected chi connectivity index (χ0v) is 15.5. The van der Waals surface area contributed by atoms with Gasteiger partial charge in [0.1, 0.15) is 5.75 Å². The van der Waals surface area contributed by atoms with Crippen molar-refractivity contribution < 1.29 is 29.7 Å². The predicted octanol–water partition coefficient (Wildman–Crippen LogP) is 2.83. The van der Waals surface area contributed by atoms with Crippen molar-refractivity contribution in [3.8, 4) is 11.5 Å². The number of nitrogens with zero attached hydrogens (tertiary/aromatic N) is 3. The third-order valence-electron chi connectivity index (χ3n) is 4.01. The number of aromatic amines is 1. The number of non-ortho nitro benzene ring substituents is 1. The smallest absolute Gasteiger partial charge is 0.324 e. The molecule has 0 unspecified atom stereocenters. The molecule has 0 bridgehead atoms. The number of ether oxygens (including phenoxy) is 1. The first-order valence-electron chi connectivity index (χ1n) is 8.24. The maximum Gasteiger partial charge on any atom is 0.324 e. The van der Waals surface area contributed by atoms with Gasteiger partial charge < -0.3 is 19.9 Å². The zero-order valence-electron chi connectivity index (χ0n) is 15.5. The normalized spacial score (nSPS) is 10.2. The number of H-pyrrole nitrogens is 1. The highest BCUT2D eigenvalue weighted by atomic mass is 16.6. The zero-order chi connectivity index (χ0) is 22.4. The van der Waals surface area contributed by atoms with Crippen LogP contribution in [0.2, 0.25) is 0 Å². The number of hydrogen-bond acceptors (Lipinski definition) is 9.